The lowest BCUT2D eigenvalue weighted by atomic mass is 10.0. The van der Waals surface area contributed by atoms with Crippen LogP contribution >= 0.6 is 23.8 Å². The Morgan fingerprint density at radius 3 is 2.72 bits per heavy atom. The molecule has 0 unspecified atom stereocenters. The van der Waals surface area contributed by atoms with Gasteiger partial charge in [0.1, 0.15) is 5.75 Å². The highest BCUT2D eigenvalue weighted by molar-refractivity contribution is 7.80. The van der Waals surface area contributed by atoms with Crippen LogP contribution in [0.2, 0.25) is 5.02 Å². The molecule has 3 nitrogen and oxygen atoms in total. The number of nitrogens with one attached hydrogen (secondary N) is 1. The monoisotopic (exact) mass is 282 g/mol. The molecular weight excluding hydrogens is 268 g/mol. The van der Waals surface area contributed by atoms with E-state index < -0.39 is 0 Å². The molecule has 0 aromatic heterocycles. The maximum atomic E-state index is 6.03. The Morgan fingerprint density at radius 1 is 1.39 bits per heavy atom. The van der Waals surface area contributed by atoms with E-state index in [2.05, 4.69) is 19.2 Å². The molecule has 0 radical (unpaired) electrons. The van der Waals surface area contributed by atoms with Gasteiger partial charge >= 0.3 is 0 Å². The van der Waals surface area contributed by atoms with Crippen LogP contribution in [0.4, 0.5) is 5.69 Å². The molecule has 0 fully saturated rings. The Morgan fingerprint density at radius 2 is 2.11 bits per heavy atom. The van der Waals surface area contributed by atoms with Crippen LogP contribution < -0.4 is 15.0 Å². The predicted octanol–water partition coefficient (Wildman–Crippen LogP) is 3.34. The number of methoxy groups -OCH3 is 1. The summed E-state index contributed by atoms with van der Waals surface area (Å²) in [4.78, 5) is 1.85. The molecule has 0 bridgehead atoms. The summed E-state index contributed by atoms with van der Waals surface area (Å²) in [5.74, 6) is 0.730. The number of ether oxygens (including phenoxy) is 1. The molecule has 18 heavy (non-hydrogen) atoms. The van der Waals surface area contributed by atoms with E-state index in [4.69, 9.17) is 28.6 Å². The van der Waals surface area contributed by atoms with E-state index in [1.165, 1.54) is 0 Å². The van der Waals surface area contributed by atoms with E-state index in [0.29, 0.717) is 10.1 Å². The topological polar surface area (TPSA) is 24.5 Å². The van der Waals surface area contributed by atoms with E-state index in [0.717, 1.165) is 11.4 Å². The van der Waals surface area contributed by atoms with Crippen molar-refractivity contribution in [3.05, 3.63) is 35.5 Å². The second-order valence-electron chi connectivity index (χ2n) is 4.65. The standard InChI is InChI=1S/C13H15ClN2OS/c1-13(2)6-7-16(12(18)15-13)10-8-9(14)4-5-11(10)17-3/h4-8H,1-3H3,(H,15,18). The number of nitrogens with zero attached hydrogens (tertiary/aromatic N) is 1. The van der Waals surface area contributed by atoms with Crippen molar-refractivity contribution in [1.82, 2.24) is 5.32 Å². The second kappa shape index (κ2) is 4.78. The summed E-state index contributed by atoms with van der Waals surface area (Å²) in [6.07, 6.45) is 3.98. The first-order valence-electron chi connectivity index (χ1n) is 5.57. The first-order chi connectivity index (χ1) is 8.43. The third-order valence-electron chi connectivity index (χ3n) is 2.69. The third kappa shape index (κ3) is 2.60. The third-order valence-corrected chi connectivity index (χ3v) is 3.22. The summed E-state index contributed by atoms with van der Waals surface area (Å²) >= 11 is 11.4. The van der Waals surface area contributed by atoms with Gasteiger partial charge in [0.2, 0.25) is 0 Å². The van der Waals surface area contributed by atoms with Crippen LogP contribution in [-0.4, -0.2) is 17.8 Å². The van der Waals surface area contributed by atoms with Crippen LogP contribution in [0, 0.1) is 0 Å². The van der Waals surface area contributed by atoms with Crippen LogP contribution in [0.15, 0.2) is 30.5 Å². The minimum Gasteiger partial charge on any atom is -0.495 e. The first-order valence-corrected chi connectivity index (χ1v) is 6.36. The molecule has 96 valence electrons. The smallest absolute Gasteiger partial charge is 0.178 e. The zero-order valence-corrected chi connectivity index (χ0v) is 12.1. The molecule has 1 heterocycles. The van der Waals surface area contributed by atoms with Gasteiger partial charge in [-0.05, 0) is 50.3 Å². The van der Waals surface area contributed by atoms with Crippen LogP contribution in [0.3, 0.4) is 0 Å². The first kappa shape index (κ1) is 13.2. The zero-order chi connectivity index (χ0) is 13.3. The average Bonchev–Trinajstić information content (AvgIpc) is 2.28. The van der Waals surface area contributed by atoms with Gasteiger partial charge in [0.25, 0.3) is 0 Å². The van der Waals surface area contributed by atoms with Gasteiger partial charge in [-0.15, -0.1) is 0 Å². The lowest BCUT2D eigenvalue weighted by Gasteiger charge is -2.35. The molecule has 0 aliphatic carbocycles. The lowest BCUT2D eigenvalue weighted by molar-refractivity contribution is 0.415. The van der Waals surface area contributed by atoms with Crippen LogP contribution in [0.1, 0.15) is 13.8 Å². The quantitative estimate of drug-likeness (QED) is 0.841. The van der Waals surface area contributed by atoms with Crippen molar-refractivity contribution in [2.24, 2.45) is 0 Å². The summed E-state index contributed by atoms with van der Waals surface area (Å²) in [6.45, 7) is 4.12. The maximum Gasteiger partial charge on any atom is 0.178 e. The largest absolute Gasteiger partial charge is 0.495 e. The molecule has 5 heteroatoms. The van der Waals surface area contributed by atoms with E-state index in [1.54, 1.807) is 13.2 Å². The van der Waals surface area contributed by atoms with Gasteiger partial charge in [0.05, 0.1) is 18.3 Å². The molecule has 0 saturated carbocycles. The second-order valence-corrected chi connectivity index (χ2v) is 5.48. The summed E-state index contributed by atoms with van der Waals surface area (Å²) in [6, 6.07) is 5.45. The Hall–Kier alpha value is -1.26. The fraction of sp³-hybridized carbons (Fsp3) is 0.308. The minimum atomic E-state index is -0.139. The van der Waals surface area contributed by atoms with Crippen LogP contribution in [0.5, 0.6) is 5.75 Å². The highest BCUT2D eigenvalue weighted by Gasteiger charge is 2.25. The Bertz CT molecular complexity index is 514. The number of thiocarbonyl (C=S) groups is 1. The van der Waals surface area contributed by atoms with Crippen molar-refractivity contribution in [2.45, 2.75) is 19.4 Å². The number of hydrogen-bond donors (Lipinski definition) is 1. The van der Waals surface area contributed by atoms with Crippen molar-refractivity contribution in [3.63, 3.8) is 0 Å². The molecule has 1 N–H and O–H groups in total. The van der Waals surface area contributed by atoms with E-state index in [9.17, 15) is 0 Å². The van der Waals surface area contributed by atoms with E-state index in [-0.39, 0.29) is 5.54 Å². The molecule has 2 rings (SSSR count). The van der Waals surface area contributed by atoms with Crippen molar-refractivity contribution >= 4 is 34.6 Å². The fourth-order valence-electron chi connectivity index (χ4n) is 1.75. The highest BCUT2D eigenvalue weighted by atomic mass is 35.5. The van der Waals surface area contributed by atoms with Crippen molar-refractivity contribution < 1.29 is 4.74 Å². The molecule has 0 spiro atoms. The average molecular weight is 283 g/mol. The van der Waals surface area contributed by atoms with Gasteiger partial charge in [0.15, 0.2) is 5.11 Å². The number of anilines is 1. The maximum absolute atomic E-state index is 6.03. The Kier molecular flexibility index (Phi) is 3.50. The summed E-state index contributed by atoms with van der Waals surface area (Å²) in [5.41, 5.74) is 0.689. The summed E-state index contributed by atoms with van der Waals surface area (Å²) < 4.78 is 5.33. The van der Waals surface area contributed by atoms with Crippen molar-refractivity contribution in [3.8, 4) is 5.75 Å². The van der Waals surface area contributed by atoms with Gasteiger partial charge in [-0.3, -0.25) is 4.90 Å². The zero-order valence-electron chi connectivity index (χ0n) is 10.5. The summed E-state index contributed by atoms with van der Waals surface area (Å²) in [5, 5.41) is 4.52. The highest BCUT2D eigenvalue weighted by Crippen LogP contribution is 2.33. The number of hydrogen-bond acceptors (Lipinski definition) is 2. The van der Waals surface area contributed by atoms with Crippen LogP contribution in [-0.2, 0) is 0 Å². The minimum absolute atomic E-state index is 0.139. The van der Waals surface area contributed by atoms with E-state index in [1.807, 2.05) is 29.3 Å². The van der Waals surface area contributed by atoms with Gasteiger partial charge < -0.3 is 10.1 Å². The Balaban J connectivity index is 2.43. The van der Waals surface area contributed by atoms with Crippen LogP contribution in [0.25, 0.3) is 0 Å². The molecular formula is C13H15ClN2OS. The molecule has 1 aliphatic rings. The predicted molar refractivity (Wildman–Crippen MR) is 79.4 cm³/mol. The normalized spacial score (nSPS) is 17.6. The molecule has 1 aromatic carbocycles. The molecule has 1 aromatic rings. The molecule has 0 saturated heterocycles. The van der Waals surface area contributed by atoms with Gasteiger partial charge in [-0.25, -0.2) is 0 Å². The Labute approximate surface area is 117 Å². The summed E-state index contributed by atoms with van der Waals surface area (Å²) in [7, 11) is 1.63. The molecule has 0 atom stereocenters. The molecule has 0 amide bonds. The van der Waals surface area contributed by atoms with Gasteiger partial charge in [0, 0.05) is 11.2 Å². The van der Waals surface area contributed by atoms with Gasteiger partial charge in [-0.2, -0.15) is 0 Å². The SMILES string of the molecule is COc1ccc(Cl)cc1N1C=CC(C)(C)NC1=S. The van der Waals surface area contributed by atoms with Crippen molar-refractivity contribution in [2.75, 3.05) is 12.0 Å². The lowest BCUT2D eigenvalue weighted by Crippen LogP contribution is -2.51. The number of halogens is 1. The number of rotatable bonds is 2. The fourth-order valence-corrected chi connectivity index (χ4v) is 2.34. The van der Waals surface area contributed by atoms with Crippen molar-refractivity contribution in [1.29, 1.82) is 0 Å². The van der Waals surface area contributed by atoms with E-state index >= 15 is 0 Å². The van der Waals surface area contributed by atoms with Gasteiger partial charge in [-0.1, -0.05) is 11.6 Å². The molecule has 1 aliphatic heterocycles. The number of benzene rings is 1.